The van der Waals surface area contributed by atoms with Gasteiger partial charge in [0.05, 0.1) is 0 Å². The van der Waals surface area contributed by atoms with E-state index in [1.54, 1.807) is 0 Å². The van der Waals surface area contributed by atoms with E-state index in [4.69, 9.17) is 0 Å². The predicted molar refractivity (Wildman–Crippen MR) is 108 cm³/mol. The second-order valence-electron chi connectivity index (χ2n) is 7.96. The molecule has 1 N–H and O–H groups in total. The molecule has 1 aliphatic carbocycles. The number of nitrogens with zero attached hydrogens (tertiary/aromatic N) is 3. The van der Waals surface area contributed by atoms with Crippen molar-refractivity contribution in [1.82, 2.24) is 19.8 Å². The Balaban J connectivity index is 1.40. The lowest BCUT2D eigenvalue weighted by atomic mass is 9.95. The largest absolute Gasteiger partial charge is 0.335 e. The summed E-state index contributed by atoms with van der Waals surface area (Å²) >= 11 is 0. The lowest BCUT2D eigenvalue weighted by molar-refractivity contribution is 0.165. The van der Waals surface area contributed by atoms with E-state index in [0.717, 1.165) is 50.2 Å². The molecule has 0 bridgehead atoms. The molecule has 1 aromatic heterocycles. The normalized spacial score (nSPS) is 19.2. The summed E-state index contributed by atoms with van der Waals surface area (Å²) in [5.41, 5.74) is 2.35. The number of rotatable bonds is 3. The Morgan fingerprint density at radius 1 is 1.04 bits per heavy atom. The van der Waals surface area contributed by atoms with Crippen molar-refractivity contribution >= 4 is 6.03 Å². The van der Waals surface area contributed by atoms with Crippen LogP contribution < -0.4 is 5.32 Å². The van der Waals surface area contributed by atoms with Crippen LogP contribution in [0.4, 0.5) is 4.79 Å². The molecule has 0 atom stereocenters. The number of hydrogen-bond acceptors (Lipinski definition) is 2. The maximum absolute atomic E-state index is 12.6. The fourth-order valence-corrected chi connectivity index (χ4v) is 4.55. The van der Waals surface area contributed by atoms with Crippen LogP contribution in [0.2, 0.25) is 0 Å². The van der Waals surface area contributed by atoms with Gasteiger partial charge >= 0.3 is 6.03 Å². The predicted octanol–water partition coefficient (Wildman–Crippen LogP) is 4.54. The van der Waals surface area contributed by atoms with Crippen LogP contribution in [0.3, 0.4) is 0 Å². The number of aromatic nitrogens is 2. The molecule has 1 aromatic carbocycles. The number of imidazole rings is 1. The number of urea groups is 1. The van der Waals surface area contributed by atoms with Gasteiger partial charge in [-0.05, 0) is 32.6 Å². The number of hydrogen-bond donors (Lipinski definition) is 1. The Morgan fingerprint density at radius 2 is 1.74 bits per heavy atom. The van der Waals surface area contributed by atoms with Crippen molar-refractivity contribution in [2.45, 2.75) is 64.0 Å². The van der Waals surface area contributed by atoms with Gasteiger partial charge in [0.1, 0.15) is 5.82 Å². The van der Waals surface area contributed by atoms with E-state index in [2.05, 4.69) is 46.1 Å². The molecule has 144 valence electrons. The molecular formula is C22H30N4O. The first kappa shape index (κ1) is 18.1. The third-order valence-electron chi connectivity index (χ3n) is 6.06. The summed E-state index contributed by atoms with van der Waals surface area (Å²) in [6.45, 7) is 3.76. The highest BCUT2D eigenvalue weighted by Gasteiger charge is 2.27. The molecule has 2 heterocycles. The molecule has 2 amide bonds. The number of piperidine rings is 1. The summed E-state index contributed by atoms with van der Waals surface area (Å²) in [4.78, 5) is 19.3. The molecule has 5 heteroatoms. The summed E-state index contributed by atoms with van der Waals surface area (Å²) in [6, 6.07) is 11.3. The summed E-state index contributed by atoms with van der Waals surface area (Å²) in [5.74, 6) is 1.04. The smallest absolute Gasteiger partial charge is 0.317 e. The van der Waals surface area contributed by atoms with Crippen LogP contribution in [-0.4, -0.2) is 39.6 Å². The number of likely N-dealkylation sites (tertiary alicyclic amines) is 1. The number of aryl methyl sites for hydroxylation is 1. The molecule has 27 heavy (non-hydrogen) atoms. The van der Waals surface area contributed by atoms with Gasteiger partial charge in [-0.15, -0.1) is 0 Å². The molecule has 1 saturated heterocycles. The van der Waals surface area contributed by atoms with Crippen LogP contribution in [0.5, 0.6) is 0 Å². The third kappa shape index (κ3) is 4.02. The Kier molecular flexibility index (Phi) is 5.46. The average Bonchev–Trinajstić information content (AvgIpc) is 3.11. The first-order valence-electron chi connectivity index (χ1n) is 10.4. The Labute approximate surface area is 161 Å². The zero-order valence-electron chi connectivity index (χ0n) is 16.2. The molecule has 2 aromatic rings. The van der Waals surface area contributed by atoms with Crippen molar-refractivity contribution in [1.29, 1.82) is 0 Å². The maximum atomic E-state index is 12.6. The van der Waals surface area contributed by atoms with Gasteiger partial charge in [0.25, 0.3) is 0 Å². The number of carbonyl (C=O) groups is 1. The van der Waals surface area contributed by atoms with E-state index in [1.807, 2.05) is 17.2 Å². The van der Waals surface area contributed by atoms with E-state index in [1.165, 1.54) is 25.0 Å². The van der Waals surface area contributed by atoms with E-state index >= 15 is 0 Å². The molecule has 5 nitrogen and oxygen atoms in total. The lowest BCUT2D eigenvalue weighted by Gasteiger charge is -2.35. The van der Waals surface area contributed by atoms with Crippen LogP contribution in [0, 0.1) is 6.92 Å². The number of benzene rings is 1. The van der Waals surface area contributed by atoms with Crippen LogP contribution in [-0.2, 0) is 0 Å². The number of nitrogens with one attached hydrogen (secondary N) is 1. The SMILES string of the molecule is Cc1cnc(-c2ccccc2)n1C1CCN(C(=O)NC2CCCCC2)CC1. The molecule has 0 radical (unpaired) electrons. The van der Waals surface area contributed by atoms with E-state index in [9.17, 15) is 4.79 Å². The number of amides is 2. The Morgan fingerprint density at radius 3 is 2.44 bits per heavy atom. The van der Waals surface area contributed by atoms with Crippen molar-refractivity contribution in [2.75, 3.05) is 13.1 Å². The summed E-state index contributed by atoms with van der Waals surface area (Å²) in [7, 11) is 0. The molecule has 2 fully saturated rings. The minimum Gasteiger partial charge on any atom is -0.335 e. The maximum Gasteiger partial charge on any atom is 0.317 e. The van der Waals surface area contributed by atoms with Gasteiger partial charge in [0, 0.05) is 42.6 Å². The molecule has 1 aliphatic heterocycles. The van der Waals surface area contributed by atoms with Gasteiger partial charge in [-0.3, -0.25) is 0 Å². The van der Waals surface area contributed by atoms with Crippen molar-refractivity contribution in [3.63, 3.8) is 0 Å². The van der Waals surface area contributed by atoms with Crippen molar-refractivity contribution < 1.29 is 4.79 Å². The van der Waals surface area contributed by atoms with Gasteiger partial charge in [-0.1, -0.05) is 49.6 Å². The first-order valence-corrected chi connectivity index (χ1v) is 10.4. The van der Waals surface area contributed by atoms with Crippen molar-refractivity contribution in [2.24, 2.45) is 0 Å². The standard InChI is InChI=1S/C22H30N4O/c1-17-16-23-21(18-8-4-2-5-9-18)26(17)20-12-14-25(15-13-20)22(27)24-19-10-6-3-7-11-19/h2,4-5,8-9,16,19-20H,3,6-7,10-15H2,1H3,(H,24,27). The van der Waals surface area contributed by atoms with Crippen molar-refractivity contribution in [3.8, 4) is 11.4 Å². The monoisotopic (exact) mass is 366 g/mol. The molecule has 2 aliphatic rings. The summed E-state index contributed by atoms with van der Waals surface area (Å²) in [6.07, 6.45) is 10.00. The van der Waals surface area contributed by atoms with Crippen LogP contribution in [0.15, 0.2) is 36.5 Å². The van der Waals surface area contributed by atoms with E-state index < -0.39 is 0 Å². The topological polar surface area (TPSA) is 50.2 Å². The first-order chi connectivity index (χ1) is 13.2. The molecule has 0 unspecified atom stereocenters. The fraction of sp³-hybridized carbons (Fsp3) is 0.545. The zero-order chi connectivity index (χ0) is 18.6. The molecule has 1 saturated carbocycles. The zero-order valence-corrected chi connectivity index (χ0v) is 16.2. The average molecular weight is 367 g/mol. The van der Waals surface area contributed by atoms with Gasteiger partial charge in [0.2, 0.25) is 0 Å². The minimum atomic E-state index is 0.131. The highest BCUT2D eigenvalue weighted by atomic mass is 16.2. The Bertz CT molecular complexity index is 756. The fourth-order valence-electron chi connectivity index (χ4n) is 4.55. The minimum absolute atomic E-state index is 0.131. The highest BCUT2D eigenvalue weighted by molar-refractivity contribution is 5.74. The third-order valence-corrected chi connectivity index (χ3v) is 6.06. The second-order valence-corrected chi connectivity index (χ2v) is 7.96. The van der Waals surface area contributed by atoms with Gasteiger partial charge in [0.15, 0.2) is 0 Å². The molecular weight excluding hydrogens is 336 g/mol. The van der Waals surface area contributed by atoms with Gasteiger partial charge in [-0.2, -0.15) is 0 Å². The molecule has 0 spiro atoms. The molecule has 4 rings (SSSR count). The Hall–Kier alpha value is -2.30. The highest BCUT2D eigenvalue weighted by Crippen LogP contribution is 2.30. The second kappa shape index (κ2) is 8.15. The summed E-state index contributed by atoms with van der Waals surface area (Å²) < 4.78 is 2.37. The van der Waals surface area contributed by atoms with Crippen LogP contribution in [0.25, 0.3) is 11.4 Å². The van der Waals surface area contributed by atoms with Crippen LogP contribution >= 0.6 is 0 Å². The summed E-state index contributed by atoms with van der Waals surface area (Å²) in [5, 5.41) is 3.25. The van der Waals surface area contributed by atoms with E-state index in [0.29, 0.717) is 12.1 Å². The van der Waals surface area contributed by atoms with Crippen LogP contribution in [0.1, 0.15) is 56.7 Å². The lowest BCUT2D eigenvalue weighted by Crippen LogP contribution is -2.48. The quantitative estimate of drug-likeness (QED) is 0.867. The van der Waals surface area contributed by atoms with Gasteiger partial charge < -0.3 is 14.8 Å². The van der Waals surface area contributed by atoms with Crippen molar-refractivity contribution in [3.05, 3.63) is 42.2 Å². The number of carbonyl (C=O) groups excluding carboxylic acids is 1. The van der Waals surface area contributed by atoms with Gasteiger partial charge in [-0.25, -0.2) is 9.78 Å². The van der Waals surface area contributed by atoms with E-state index in [-0.39, 0.29) is 6.03 Å².